The Kier molecular flexibility index (Phi) is 2.82. The lowest BCUT2D eigenvalue weighted by Gasteiger charge is -2.01. The van der Waals surface area contributed by atoms with Gasteiger partial charge in [0.2, 0.25) is 0 Å². The first-order valence-corrected chi connectivity index (χ1v) is 5.92. The van der Waals surface area contributed by atoms with E-state index in [1.165, 1.54) is 22.8 Å². The van der Waals surface area contributed by atoms with Crippen LogP contribution in [0.3, 0.4) is 0 Å². The highest BCUT2D eigenvalue weighted by atomic mass is 15.2. The summed E-state index contributed by atoms with van der Waals surface area (Å²) < 4.78 is 2.15. The highest BCUT2D eigenvalue weighted by Crippen LogP contribution is 2.19. The van der Waals surface area contributed by atoms with Crippen LogP contribution in [0.25, 0.3) is 10.9 Å². The van der Waals surface area contributed by atoms with Crippen molar-refractivity contribution in [1.29, 1.82) is 0 Å². The lowest BCUT2D eigenvalue weighted by atomic mass is 10.2. The van der Waals surface area contributed by atoms with Crippen molar-refractivity contribution < 1.29 is 0 Å². The molecule has 0 aliphatic carbocycles. The molecular formula is C13H15N5. The molecule has 18 heavy (non-hydrogen) atoms. The molecule has 1 aromatic carbocycles. The van der Waals surface area contributed by atoms with E-state index in [0.29, 0.717) is 6.54 Å². The molecular weight excluding hydrogens is 226 g/mol. The topological polar surface area (TPSA) is 58.5 Å². The molecule has 0 amide bonds. The van der Waals surface area contributed by atoms with Crippen LogP contribution in [-0.2, 0) is 20.1 Å². The third-order valence-electron chi connectivity index (χ3n) is 3.05. The maximum Gasteiger partial charge on any atom is 0.138 e. The van der Waals surface area contributed by atoms with Gasteiger partial charge in [-0.2, -0.15) is 5.10 Å². The van der Waals surface area contributed by atoms with E-state index in [2.05, 4.69) is 62.6 Å². The molecule has 0 bridgehead atoms. The Morgan fingerprint density at radius 2 is 2.17 bits per heavy atom. The lowest BCUT2D eigenvalue weighted by molar-refractivity contribution is 0.666. The molecule has 5 heteroatoms. The first-order valence-electron chi connectivity index (χ1n) is 5.92. The van der Waals surface area contributed by atoms with Gasteiger partial charge in [0.05, 0.1) is 6.54 Å². The molecule has 92 valence electrons. The molecule has 0 aliphatic heterocycles. The van der Waals surface area contributed by atoms with Crippen LogP contribution >= 0.6 is 0 Å². The maximum atomic E-state index is 4.08. The van der Waals surface area contributed by atoms with Crippen molar-refractivity contribution in [3.63, 3.8) is 0 Å². The summed E-state index contributed by atoms with van der Waals surface area (Å²) in [5.74, 6) is 0.857. The second kappa shape index (κ2) is 4.62. The van der Waals surface area contributed by atoms with Crippen LogP contribution < -0.4 is 5.32 Å². The van der Waals surface area contributed by atoms with Crippen molar-refractivity contribution in [3.8, 4) is 0 Å². The summed E-state index contributed by atoms with van der Waals surface area (Å²) in [6.45, 7) is 1.52. The number of benzene rings is 1. The zero-order valence-electron chi connectivity index (χ0n) is 10.2. The number of para-hydroxylation sites is 1. The molecule has 0 fully saturated rings. The minimum Gasteiger partial charge on any atom is -0.350 e. The van der Waals surface area contributed by atoms with Crippen molar-refractivity contribution in [1.82, 2.24) is 25.1 Å². The highest BCUT2D eigenvalue weighted by Gasteiger charge is 2.05. The Bertz CT molecular complexity index is 639. The fourth-order valence-corrected chi connectivity index (χ4v) is 2.20. The van der Waals surface area contributed by atoms with E-state index >= 15 is 0 Å². The standard InChI is InChI=1S/C13H15N5/c1-18-8-10(11-4-2-3-5-12(11)18)6-14-7-13-15-9-16-17-13/h2-5,8-9,14H,6-7H2,1H3,(H,15,16,17). The van der Waals surface area contributed by atoms with Gasteiger partial charge in [0, 0.05) is 30.7 Å². The van der Waals surface area contributed by atoms with Crippen molar-refractivity contribution in [2.75, 3.05) is 0 Å². The number of aromatic amines is 1. The Labute approximate surface area is 105 Å². The molecule has 0 spiro atoms. The van der Waals surface area contributed by atoms with E-state index in [4.69, 9.17) is 0 Å². The van der Waals surface area contributed by atoms with Crippen LogP contribution in [0.5, 0.6) is 0 Å². The largest absolute Gasteiger partial charge is 0.350 e. The molecule has 5 nitrogen and oxygen atoms in total. The molecule has 2 aromatic heterocycles. The second-order valence-corrected chi connectivity index (χ2v) is 4.32. The van der Waals surface area contributed by atoms with E-state index in [9.17, 15) is 0 Å². The zero-order valence-corrected chi connectivity index (χ0v) is 10.2. The molecule has 2 N–H and O–H groups in total. The average Bonchev–Trinajstić information content (AvgIpc) is 3.00. The van der Waals surface area contributed by atoms with Gasteiger partial charge in [-0.15, -0.1) is 0 Å². The Balaban J connectivity index is 1.75. The molecule has 3 aromatic rings. The van der Waals surface area contributed by atoms with Crippen LogP contribution in [-0.4, -0.2) is 19.7 Å². The third-order valence-corrected chi connectivity index (χ3v) is 3.05. The summed E-state index contributed by atoms with van der Waals surface area (Å²) in [6, 6.07) is 8.42. The van der Waals surface area contributed by atoms with E-state index in [1.54, 1.807) is 0 Å². The Morgan fingerprint density at radius 3 is 3.00 bits per heavy atom. The number of hydrogen-bond donors (Lipinski definition) is 2. The fraction of sp³-hybridized carbons (Fsp3) is 0.231. The number of nitrogens with one attached hydrogen (secondary N) is 2. The summed E-state index contributed by atoms with van der Waals surface area (Å²) in [5, 5.41) is 11.3. The van der Waals surface area contributed by atoms with Gasteiger partial charge in [0.25, 0.3) is 0 Å². The minimum absolute atomic E-state index is 0.698. The smallest absolute Gasteiger partial charge is 0.138 e. The van der Waals surface area contributed by atoms with E-state index in [1.807, 2.05) is 0 Å². The number of nitrogens with zero attached hydrogens (tertiary/aromatic N) is 3. The SMILES string of the molecule is Cn1cc(CNCc2ncn[nH]2)c2ccccc21. The Hall–Kier alpha value is -2.14. The molecule has 0 unspecified atom stereocenters. The molecule has 0 saturated heterocycles. The number of rotatable bonds is 4. The second-order valence-electron chi connectivity index (χ2n) is 4.32. The van der Waals surface area contributed by atoms with Crippen LogP contribution in [0.4, 0.5) is 0 Å². The van der Waals surface area contributed by atoms with Gasteiger partial charge in [-0.1, -0.05) is 18.2 Å². The molecule has 2 heterocycles. The number of H-pyrrole nitrogens is 1. The van der Waals surface area contributed by atoms with Gasteiger partial charge >= 0.3 is 0 Å². The quantitative estimate of drug-likeness (QED) is 0.729. The van der Waals surface area contributed by atoms with Crippen LogP contribution in [0.2, 0.25) is 0 Å². The van der Waals surface area contributed by atoms with Crippen LogP contribution in [0.1, 0.15) is 11.4 Å². The number of aromatic nitrogens is 4. The number of fused-ring (bicyclic) bond motifs is 1. The number of hydrogen-bond acceptors (Lipinski definition) is 3. The van der Waals surface area contributed by atoms with Gasteiger partial charge in [0.15, 0.2) is 0 Å². The van der Waals surface area contributed by atoms with Gasteiger partial charge in [-0.05, 0) is 11.6 Å². The summed E-state index contributed by atoms with van der Waals surface area (Å²) in [5.41, 5.74) is 2.56. The van der Waals surface area contributed by atoms with Crippen LogP contribution in [0, 0.1) is 0 Å². The van der Waals surface area contributed by atoms with Crippen molar-refractivity contribution >= 4 is 10.9 Å². The number of aryl methyl sites for hydroxylation is 1. The summed E-state index contributed by atoms with van der Waals surface area (Å²) in [6.07, 6.45) is 3.69. The monoisotopic (exact) mass is 241 g/mol. The highest BCUT2D eigenvalue weighted by molar-refractivity contribution is 5.83. The predicted octanol–water partition coefficient (Wildman–Crippen LogP) is 1.59. The molecule has 3 rings (SSSR count). The van der Waals surface area contributed by atoms with Crippen molar-refractivity contribution in [2.24, 2.45) is 7.05 Å². The van der Waals surface area contributed by atoms with Gasteiger partial charge in [-0.3, -0.25) is 5.10 Å². The fourth-order valence-electron chi connectivity index (χ4n) is 2.20. The Morgan fingerprint density at radius 1 is 1.28 bits per heavy atom. The predicted molar refractivity (Wildman–Crippen MR) is 69.8 cm³/mol. The van der Waals surface area contributed by atoms with Crippen molar-refractivity contribution in [2.45, 2.75) is 13.1 Å². The minimum atomic E-state index is 0.698. The van der Waals surface area contributed by atoms with Gasteiger partial charge in [0.1, 0.15) is 12.2 Å². The first kappa shape index (κ1) is 11.0. The molecule has 0 saturated carbocycles. The summed E-state index contributed by atoms with van der Waals surface area (Å²) in [7, 11) is 2.07. The average molecular weight is 241 g/mol. The zero-order chi connectivity index (χ0) is 12.4. The van der Waals surface area contributed by atoms with E-state index in [-0.39, 0.29) is 0 Å². The molecule has 0 radical (unpaired) electrons. The summed E-state index contributed by atoms with van der Waals surface area (Å²) in [4.78, 5) is 4.08. The van der Waals surface area contributed by atoms with Gasteiger partial charge in [-0.25, -0.2) is 4.98 Å². The maximum absolute atomic E-state index is 4.08. The van der Waals surface area contributed by atoms with Gasteiger partial charge < -0.3 is 9.88 Å². The van der Waals surface area contributed by atoms with Crippen LogP contribution in [0.15, 0.2) is 36.8 Å². The molecule has 0 atom stereocenters. The third kappa shape index (κ3) is 2.00. The first-order chi connectivity index (χ1) is 8.84. The molecule has 0 aliphatic rings. The van der Waals surface area contributed by atoms with E-state index < -0.39 is 0 Å². The lowest BCUT2D eigenvalue weighted by Crippen LogP contribution is -2.13. The normalized spacial score (nSPS) is 11.2. The van der Waals surface area contributed by atoms with E-state index in [0.717, 1.165) is 12.4 Å². The van der Waals surface area contributed by atoms with Crippen molar-refractivity contribution in [3.05, 3.63) is 48.2 Å². The summed E-state index contributed by atoms with van der Waals surface area (Å²) >= 11 is 0.